The quantitative estimate of drug-likeness (QED) is 0.390. The molecule has 1 aromatic heterocycles. The lowest BCUT2D eigenvalue weighted by Crippen LogP contribution is -2.57. The highest BCUT2D eigenvalue weighted by molar-refractivity contribution is 14.0. The number of rotatable bonds is 4. The fourth-order valence-electron chi connectivity index (χ4n) is 2.91. The highest BCUT2D eigenvalue weighted by atomic mass is 127. The second-order valence-electron chi connectivity index (χ2n) is 6.96. The Labute approximate surface area is 172 Å². The van der Waals surface area contributed by atoms with Crippen molar-refractivity contribution in [2.75, 3.05) is 46.5 Å². The molecule has 0 saturated carbocycles. The Bertz CT molecular complexity index is 672. The summed E-state index contributed by atoms with van der Waals surface area (Å²) in [5, 5.41) is 7.66. The molecule has 2 rings (SSSR count). The smallest absolute Gasteiger partial charge is 0.193 e. The minimum absolute atomic E-state index is 0. The summed E-state index contributed by atoms with van der Waals surface area (Å²) in [4.78, 5) is 8.57. The van der Waals surface area contributed by atoms with Gasteiger partial charge in [0.2, 0.25) is 0 Å². The first-order valence-corrected chi connectivity index (χ1v) is 10.6. The van der Waals surface area contributed by atoms with Gasteiger partial charge >= 0.3 is 0 Å². The van der Waals surface area contributed by atoms with Crippen LogP contribution in [-0.2, 0) is 9.84 Å². The summed E-state index contributed by atoms with van der Waals surface area (Å²) in [6.45, 7) is 5.24. The Morgan fingerprint density at radius 1 is 1.48 bits per heavy atom. The van der Waals surface area contributed by atoms with Crippen molar-refractivity contribution in [3.8, 4) is 0 Å². The number of thiophene rings is 1. The molecule has 0 spiro atoms. The monoisotopic (exact) mass is 500 g/mol. The van der Waals surface area contributed by atoms with E-state index < -0.39 is 14.6 Å². The predicted octanol–water partition coefficient (Wildman–Crippen LogP) is 2.05. The molecule has 1 aliphatic rings. The van der Waals surface area contributed by atoms with Crippen LogP contribution in [0, 0.1) is 0 Å². The van der Waals surface area contributed by atoms with Crippen LogP contribution >= 0.6 is 35.3 Å². The zero-order chi connectivity index (χ0) is 18.0. The molecular weight excluding hydrogens is 471 g/mol. The number of likely N-dealkylation sites (N-methyl/N-ethyl adjacent to an activating group) is 1. The average molecular weight is 500 g/mol. The van der Waals surface area contributed by atoms with Gasteiger partial charge in [0.25, 0.3) is 0 Å². The molecule has 1 unspecified atom stereocenters. The molecule has 0 aliphatic carbocycles. The van der Waals surface area contributed by atoms with Crippen LogP contribution in [0.15, 0.2) is 21.8 Å². The van der Waals surface area contributed by atoms with Crippen molar-refractivity contribution in [1.82, 2.24) is 15.1 Å². The molecule has 6 nitrogen and oxygen atoms in total. The van der Waals surface area contributed by atoms with Gasteiger partial charge in [-0.1, -0.05) is 0 Å². The first-order valence-electron chi connectivity index (χ1n) is 8.04. The van der Waals surface area contributed by atoms with Crippen molar-refractivity contribution >= 4 is 51.1 Å². The molecular formula is C16H29IN4O2S2. The van der Waals surface area contributed by atoms with Crippen LogP contribution in [-0.4, -0.2) is 75.5 Å². The average Bonchev–Trinajstić information content (AvgIpc) is 3.00. The Hall–Kier alpha value is -0.390. The number of hydrogen-bond donors (Lipinski definition) is 1. The van der Waals surface area contributed by atoms with E-state index in [9.17, 15) is 8.42 Å². The molecule has 1 atom stereocenters. The second-order valence-corrected chi connectivity index (χ2v) is 10.5. The Kier molecular flexibility index (Phi) is 8.16. The van der Waals surface area contributed by atoms with E-state index in [-0.39, 0.29) is 35.8 Å². The lowest BCUT2D eigenvalue weighted by molar-refractivity contribution is 0.291. The van der Waals surface area contributed by atoms with Gasteiger partial charge in [0.05, 0.1) is 16.5 Å². The van der Waals surface area contributed by atoms with Crippen molar-refractivity contribution in [2.24, 2.45) is 4.99 Å². The van der Waals surface area contributed by atoms with Crippen LogP contribution in [0.3, 0.4) is 0 Å². The molecule has 0 aromatic carbocycles. The Morgan fingerprint density at radius 2 is 2.16 bits per heavy atom. The van der Waals surface area contributed by atoms with Crippen molar-refractivity contribution in [2.45, 2.75) is 24.6 Å². The van der Waals surface area contributed by atoms with Crippen LogP contribution in [0.5, 0.6) is 0 Å². The van der Waals surface area contributed by atoms with E-state index in [2.05, 4.69) is 46.1 Å². The van der Waals surface area contributed by atoms with Crippen LogP contribution < -0.4 is 5.32 Å². The van der Waals surface area contributed by atoms with E-state index in [1.807, 2.05) is 4.90 Å². The third-order valence-electron chi connectivity index (χ3n) is 4.56. The molecule has 0 bridgehead atoms. The topological polar surface area (TPSA) is 65.0 Å². The van der Waals surface area contributed by atoms with Gasteiger partial charge in [-0.15, -0.1) is 24.0 Å². The molecule has 1 fully saturated rings. The van der Waals surface area contributed by atoms with Crippen LogP contribution in [0.2, 0.25) is 0 Å². The Morgan fingerprint density at radius 3 is 2.64 bits per heavy atom. The van der Waals surface area contributed by atoms with Crippen LogP contribution in [0.25, 0.3) is 0 Å². The maximum Gasteiger partial charge on any atom is 0.193 e. The van der Waals surface area contributed by atoms with Crippen LogP contribution in [0.4, 0.5) is 0 Å². The van der Waals surface area contributed by atoms with Gasteiger partial charge in [-0.3, -0.25) is 4.99 Å². The van der Waals surface area contributed by atoms with Crippen molar-refractivity contribution in [3.63, 3.8) is 0 Å². The summed E-state index contributed by atoms with van der Waals surface area (Å²) in [5.74, 6) is 0.933. The molecule has 144 valence electrons. The molecule has 25 heavy (non-hydrogen) atoms. The number of aliphatic imine (C=N–C) groups is 1. The van der Waals surface area contributed by atoms with Gasteiger partial charge in [0.1, 0.15) is 0 Å². The Balaban J connectivity index is 0.00000312. The van der Waals surface area contributed by atoms with E-state index in [1.165, 1.54) is 5.56 Å². The van der Waals surface area contributed by atoms with E-state index >= 15 is 0 Å². The van der Waals surface area contributed by atoms with E-state index in [1.54, 1.807) is 32.2 Å². The van der Waals surface area contributed by atoms with E-state index in [0.29, 0.717) is 13.1 Å². The van der Waals surface area contributed by atoms with Gasteiger partial charge < -0.3 is 15.1 Å². The van der Waals surface area contributed by atoms with Gasteiger partial charge in [-0.2, -0.15) is 11.3 Å². The molecule has 1 aliphatic heterocycles. The van der Waals surface area contributed by atoms with Crippen molar-refractivity contribution in [3.05, 3.63) is 22.4 Å². The summed E-state index contributed by atoms with van der Waals surface area (Å²) < 4.78 is 23.6. The number of nitrogens with one attached hydrogen (secondary N) is 1. The largest absolute Gasteiger partial charge is 0.354 e. The summed E-state index contributed by atoms with van der Waals surface area (Å²) in [5.41, 5.74) is 1.27. The third kappa shape index (κ3) is 5.30. The van der Waals surface area contributed by atoms with E-state index in [0.717, 1.165) is 12.5 Å². The van der Waals surface area contributed by atoms with Crippen LogP contribution in [0.1, 0.15) is 25.5 Å². The summed E-state index contributed by atoms with van der Waals surface area (Å²) >= 11 is 1.69. The number of nitrogens with zero attached hydrogens (tertiary/aromatic N) is 3. The minimum atomic E-state index is -3.05. The molecule has 0 radical (unpaired) electrons. The summed E-state index contributed by atoms with van der Waals surface area (Å²) in [6.07, 6.45) is 0. The first kappa shape index (κ1) is 22.7. The maximum absolute atomic E-state index is 12.2. The lowest BCUT2D eigenvalue weighted by atomic mass is 10.1. The number of guanidine groups is 1. The summed E-state index contributed by atoms with van der Waals surface area (Å²) in [7, 11) is 2.81. The third-order valence-corrected chi connectivity index (χ3v) is 7.79. The fraction of sp³-hybridized carbons (Fsp3) is 0.688. The number of hydrogen-bond acceptors (Lipinski definition) is 5. The fourth-order valence-corrected chi connectivity index (χ4v) is 4.98. The van der Waals surface area contributed by atoms with Gasteiger partial charge in [0.15, 0.2) is 15.8 Å². The number of sulfone groups is 1. The zero-order valence-electron chi connectivity index (χ0n) is 15.5. The van der Waals surface area contributed by atoms with Crippen molar-refractivity contribution in [1.29, 1.82) is 0 Å². The van der Waals surface area contributed by atoms with Gasteiger partial charge in [-0.25, -0.2) is 8.42 Å². The normalized spacial score (nSPS) is 20.9. The minimum Gasteiger partial charge on any atom is -0.354 e. The highest BCUT2D eigenvalue weighted by Gasteiger charge is 2.41. The molecule has 2 heterocycles. The molecule has 9 heteroatoms. The SMILES string of the molecule is CN=C(NCC(c1ccsc1)N(C)C)N1CCS(=O)(=O)C(C)(C)C1.I. The standard InChI is InChI=1S/C16H28N4O2S2.HI/c1-16(2)12-20(7-9-24(16,21)22)15(17-3)18-10-14(19(4)5)13-6-8-23-11-13;/h6,8,11,14H,7,9-10,12H2,1-5H3,(H,17,18);1H. The van der Waals surface area contributed by atoms with Gasteiger partial charge in [0, 0.05) is 26.7 Å². The number of halogens is 1. The van der Waals surface area contributed by atoms with E-state index in [4.69, 9.17) is 0 Å². The van der Waals surface area contributed by atoms with Crippen molar-refractivity contribution < 1.29 is 8.42 Å². The molecule has 1 saturated heterocycles. The highest BCUT2D eigenvalue weighted by Crippen LogP contribution is 2.24. The zero-order valence-corrected chi connectivity index (χ0v) is 19.5. The summed E-state index contributed by atoms with van der Waals surface area (Å²) in [6, 6.07) is 2.38. The maximum atomic E-state index is 12.2. The molecule has 1 aromatic rings. The molecule has 1 N–H and O–H groups in total. The van der Waals surface area contributed by atoms with Gasteiger partial charge in [-0.05, 0) is 50.3 Å². The second kappa shape index (κ2) is 9.01. The predicted molar refractivity (Wildman–Crippen MR) is 117 cm³/mol. The molecule has 0 amide bonds. The lowest BCUT2D eigenvalue weighted by Gasteiger charge is -2.39. The first-order chi connectivity index (χ1) is 11.2.